The highest BCUT2D eigenvalue weighted by Crippen LogP contribution is 2.19. The number of hydrogen-bond acceptors (Lipinski definition) is 4. The zero-order valence-corrected chi connectivity index (χ0v) is 15.8. The van der Waals surface area contributed by atoms with Crippen molar-refractivity contribution >= 4 is 23.2 Å². The van der Waals surface area contributed by atoms with E-state index in [1.807, 2.05) is 42.2 Å². The average molecular weight is 382 g/mol. The van der Waals surface area contributed by atoms with Gasteiger partial charge in [-0.1, -0.05) is 41.1 Å². The number of piperazine rings is 1. The molecule has 0 unspecified atom stereocenters. The Morgan fingerprint density at radius 3 is 2.37 bits per heavy atom. The van der Waals surface area contributed by atoms with Crippen molar-refractivity contribution in [1.82, 2.24) is 19.9 Å². The Labute approximate surface area is 163 Å². The summed E-state index contributed by atoms with van der Waals surface area (Å²) < 4.78 is 1.65. The molecule has 0 aliphatic carbocycles. The highest BCUT2D eigenvalue weighted by atomic mass is 35.5. The molecule has 0 radical (unpaired) electrons. The molecule has 1 aliphatic rings. The van der Waals surface area contributed by atoms with Gasteiger partial charge in [0.1, 0.15) is 0 Å². The monoisotopic (exact) mass is 381 g/mol. The zero-order chi connectivity index (χ0) is 18.8. The molecule has 3 aromatic rings. The SMILES string of the molecule is Cc1c(C(=O)N2CCN(c3ccccc3)CC2)nnn1-c1cccc(Cl)c1. The molecule has 2 heterocycles. The number of carbonyl (C=O) groups is 1. The molecule has 1 aliphatic heterocycles. The number of benzene rings is 2. The summed E-state index contributed by atoms with van der Waals surface area (Å²) in [6.07, 6.45) is 0. The second-order valence-electron chi connectivity index (χ2n) is 6.53. The third-order valence-electron chi connectivity index (χ3n) is 4.84. The standard InChI is InChI=1S/C20H20ClN5O/c1-15-19(22-23-26(15)18-9-5-6-16(21)14-18)20(27)25-12-10-24(11-13-25)17-7-3-2-4-8-17/h2-9,14H,10-13H2,1H3. The molecule has 1 saturated heterocycles. The minimum atomic E-state index is -0.0755. The van der Waals surface area contributed by atoms with Crippen molar-refractivity contribution in [2.45, 2.75) is 6.92 Å². The van der Waals surface area contributed by atoms with Gasteiger partial charge in [0.25, 0.3) is 5.91 Å². The smallest absolute Gasteiger partial charge is 0.276 e. The van der Waals surface area contributed by atoms with E-state index in [2.05, 4.69) is 27.3 Å². The highest BCUT2D eigenvalue weighted by Gasteiger charge is 2.26. The number of carbonyl (C=O) groups excluding carboxylic acids is 1. The lowest BCUT2D eigenvalue weighted by atomic mass is 10.2. The Kier molecular flexibility index (Phi) is 4.81. The Morgan fingerprint density at radius 2 is 1.67 bits per heavy atom. The van der Waals surface area contributed by atoms with Gasteiger partial charge in [0.2, 0.25) is 0 Å². The van der Waals surface area contributed by atoms with E-state index < -0.39 is 0 Å². The number of halogens is 1. The topological polar surface area (TPSA) is 54.3 Å². The largest absolute Gasteiger partial charge is 0.368 e. The van der Waals surface area contributed by atoms with E-state index >= 15 is 0 Å². The molecule has 138 valence electrons. The van der Waals surface area contributed by atoms with Gasteiger partial charge in [-0.05, 0) is 37.3 Å². The van der Waals surface area contributed by atoms with Crippen LogP contribution in [0.1, 0.15) is 16.2 Å². The van der Waals surface area contributed by atoms with Gasteiger partial charge in [0.15, 0.2) is 5.69 Å². The van der Waals surface area contributed by atoms with Crippen molar-refractivity contribution in [2.24, 2.45) is 0 Å². The van der Waals surface area contributed by atoms with Gasteiger partial charge < -0.3 is 9.80 Å². The van der Waals surface area contributed by atoms with Crippen molar-refractivity contribution in [3.63, 3.8) is 0 Å². The molecule has 27 heavy (non-hydrogen) atoms. The van der Waals surface area contributed by atoms with Crippen molar-refractivity contribution in [3.8, 4) is 5.69 Å². The van der Waals surface area contributed by atoms with Gasteiger partial charge >= 0.3 is 0 Å². The van der Waals surface area contributed by atoms with Crippen LogP contribution in [0.4, 0.5) is 5.69 Å². The molecule has 2 aromatic carbocycles. The van der Waals surface area contributed by atoms with Crippen molar-refractivity contribution < 1.29 is 4.79 Å². The second kappa shape index (κ2) is 7.40. The lowest BCUT2D eigenvalue weighted by Gasteiger charge is -2.35. The van der Waals surface area contributed by atoms with Crippen molar-refractivity contribution in [3.05, 3.63) is 71.0 Å². The Hall–Kier alpha value is -2.86. The van der Waals surface area contributed by atoms with Crippen LogP contribution in [-0.2, 0) is 0 Å². The summed E-state index contributed by atoms with van der Waals surface area (Å²) in [5.41, 5.74) is 3.09. The van der Waals surface area contributed by atoms with E-state index in [0.29, 0.717) is 29.5 Å². The summed E-state index contributed by atoms with van der Waals surface area (Å²) in [7, 11) is 0. The summed E-state index contributed by atoms with van der Waals surface area (Å²) in [6.45, 7) is 4.79. The van der Waals surface area contributed by atoms with E-state index in [9.17, 15) is 4.79 Å². The number of amides is 1. The molecule has 4 rings (SSSR count). The summed E-state index contributed by atoms with van der Waals surface area (Å²) in [5.74, 6) is -0.0755. The fraction of sp³-hybridized carbons (Fsp3) is 0.250. The van der Waals surface area contributed by atoms with Crippen LogP contribution in [-0.4, -0.2) is 52.0 Å². The fourth-order valence-corrected chi connectivity index (χ4v) is 3.52. The zero-order valence-electron chi connectivity index (χ0n) is 15.0. The van der Waals surface area contributed by atoms with E-state index in [0.717, 1.165) is 18.8 Å². The lowest BCUT2D eigenvalue weighted by molar-refractivity contribution is 0.0740. The minimum Gasteiger partial charge on any atom is -0.368 e. The van der Waals surface area contributed by atoms with Crippen LogP contribution in [0.5, 0.6) is 0 Å². The van der Waals surface area contributed by atoms with E-state index in [4.69, 9.17) is 11.6 Å². The first-order valence-electron chi connectivity index (χ1n) is 8.91. The predicted octanol–water partition coefficient (Wildman–Crippen LogP) is 3.19. The van der Waals surface area contributed by atoms with Crippen LogP contribution < -0.4 is 4.90 Å². The maximum absolute atomic E-state index is 12.9. The molecule has 0 saturated carbocycles. The predicted molar refractivity (Wildman–Crippen MR) is 106 cm³/mol. The van der Waals surface area contributed by atoms with E-state index in [1.165, 1.54) is 5.69 Å². The fourth-order valence-electron chi connectivity index (χ4n) is 3.34. The number of aromatic nitrogens is 3. The first-order valence-corrected chi connectivity index (χ1v) is 9.29. The minimum absolute atomic E-state index is 0.0755. The maximum Gasteiger partial charge on any atom is 0.276 e. The van der Waals surface area contributed by atoms with Crippen molar-refractivity contribution in [1.29, 1.82) is 0 Å². The van der Waals surface area contributed by atoms with Gasteiger partial charge in [-0.2, -0.15) is 0 Å². The van der Waals surface area contributed by atoms with Gasteiger partial charge in [0.05, 0.1) is 11.4 Å². The number of rotatable bonds is 3. The maximum atomic E-state index is 12.9. The van der Waals surface area contributed by atoms with Crippen LogP contribution in [0, 0.1) is 6.92 Å². The van der Waals surface area contributed by atoms with Crippen molar-refractivity contribution in [2.75, 3.05) is 31.1 Å². The molecule has 1 fully saturated rings. The van der Waals surface area contributed by atoms with Crippen LogP contribution in [0.2, 0.25) is 5.02 Å². The number of nitrogens with zero attached hydrogens (tertiary/aromatic N) is 5. The average Bonchev–Trinajstić information content (AvgIpc) is 3.09. The summed E-state index contributed by atoms with van der Waals surface area (Å²) >= 11 is 6.06. The quantitative estimate of drug-likeness (QED) is 0.699. The Morgan fingerprint density at radius 1 is 0.963 bits per heavy atom. The normalized spacial score (nSPS) is 14.4. The van der Waals surface area contributed by atoms with Gasteiger partial charge in [-0.25, -0.2) is 4.68 Å². The molecule has 6 nitrogen and oxygen atoms in total. The second-order valence-corrected chi connectivity index (χ2v) is 6.97. The molecule has 0 atom stereocenters. The summed E-state index contributed by atoms with van der Waals surface area (Å²) in [5, 5.41) is 8.91. The number of hydrogen-bond donors (Lipinski definition) is 0. The third kappa shape index (κ3) is 3.53. The van der Waals surface area contributed by atoms with Gasteiger partial charge in [-0.15, -0.1) is 5.10 Å². The first kappa shape index (κ1) is 17.5. The lowest BCUT2D eigenvalue weighted by Crippen LogP contribution is -2.49. The third-order valence-corrected chi connectivity index (χ3v) is 5.07. The molecular formula is C20H20ClN5O. The number of anilines is 1. The Balaban J connectivity index is 1.48. The highest BCUT2D eigenvalue weighted by molar-refractivity contribution is 6.30. The Bertz CT molecular complexity index is 948. The molecule has 7 heteroatoms. The summed E-state index contributed by atoms with van der Waals surface area (Å²) in [6, 6.07) is 17.6. The molecule has 1 amide bonds. The van der Waals surface area contributed by atoms with Crippen LogP contribution >= 0.6 is 11.6 Å². The van der Waals surface area contributed by atoms with Crippen LogP contribution in [0.15, 0.2) is 54.6 Å². The first-order chi connectivity index (χ1) is 13.1. The van der Waals surface area contributed by atoms with E-state index in [1.54, 1.807) is 16.8 Å². The van der Waals surface area contributed by atoms with Crippen LogP contribution in [0.3, 0.4) is 0 Å². The van der Waals surface area contributed by atoms with Gasteiger partial charge in [-0.3, -0.25) is 4.79 Å². The van der Waals surface area contributed by atoms with Gasteiger partial charge in [0, 0.05) is 36.9 Å². The summed E-state index contributed by atoms with van der Waals surface area (Å²) in [4.78, 5) is 17.1. The molecule has 1 aromatic heterocycles. The molecule has 0 spiro atoms. The molecule has 0 N–H and O–H groups in total. The molecular weight excluding hydrogens is 362 g/mol. The van der Waals surface area contributed by atoms with Crippen LogP contribution in [0.25, 0.3) is 5.69 Å². The number of para-hydroxylation sites is 1. The molecule has 0 bridgehead atoms. The van der Waals surface area contributed by atoms with E-state index in [-0.39, 0.29) is 5.91 Å².